The average molecular weight is 494 g/mol. The number of anilines is 2. The van der Waals surface area contributed by atoms with E-state index in [0.29, 0.717) is 24.7 Å². The predicted molar refractivity (Wildman–Crippen MR) is 123 cm³/mol. The third-order valence-electron chi connectivity index (χ3n) is 4.84. The summed E-state index contributed by atoms with van der Waals surface area (Å²) in [6, 6.07) is 4.97. The van der Waals surface area contributed by atoms with Gasteiger partial charge in [-0.25, -0.2) is 14.2 Å². The number of carbonyl (C=O) groups excluding carboxylic acids is 1. The smallest absolute Gasteiger partial charge is 0.407 e. The van der Waals surface area contributed by atoms with Crippen LogP contribution in [0.1, 0.15) is 39.8 Å². The van der Waals surface area contributed by atoms with Crippen LogP contribution in [-0.4, -0.2) is 40.8 Å². The Hall–Kier alpha value is -2.42. The molecular weight excluding hydrogens is 465 g/mol. The molecule has 1 saturated heterocycles. The van der Waals surface area contributed by atoms with Crippen LogP contribution in [-0.2, 0) is 11.3 Å². The molecule has 3 rings (SSSR count). The number of hydrogen-bond donors (Lipinski definition) is 2. The Labute approximate surface area is 190 Å². The van der Waals surface area contributed by atoms with Gasteiger partial charge in [-0.15, -0.1) is 0 Å². The molecule has 2 aromatic rings. The molecule has 0 bridgehead atoms. The quantitative estimate of drug-likeness (QED) is 0.586. The number of rotatable bonds is 5. The van der Waals surface area contributed by atoms with Gasteiger partial charge in [0.05, 0.1) is 29.8 Å². The second-order valence-corrected chi connectivity index (χ2v) is 9.66. The molecule has 1 amide bonds. The van der Waals surface area contributed by atoms with Crippen molar-refractivity contribution in [3.63, 3.8) is 0 Å². The largest absolute Gasteiger partial charge is 0.444 e. The van der Waals surface area contributed by atoms with E-state index in [1.54, 1.807) is 18.5 Å². The first kappa shape index (κ1) is 23.2. The zero-order valence-corrected chi connectivity index (χ0v) is 19.9. The Bertz CT molecular complexity index is 921. The lowest BCUT2D eigenvalue weighted by Crippen LogP contribution is -2.51. The lowest BCUT2D eigenvalue weighted by atomic mass is 9.95. The van der Waals surface area contributed by atoms with Crippen molar-refractivity contribution < 1.29 is 13.9 Å². The number of amides is 1. The summed E-state index contributed by atoms with van der Waals surface area (Å²) in [6.07, 6.45) is 4.01. The highest BCUT2D eigenvalue weighted by Crippen LogP contribution is 2.30. The third kappa shape index (κ3) is 6.78. The minimum atomic E-state index is -0.532. The van der Waals surface area contributed by atoms with Gasteiger partial charge in [-0.1, -0.05) is 6.92 Å². The number of hydrogen-bond acceptors (Lipinski definition) is 6. The van der Waals surface area contributed by atoms with Crippen molar-refractivity contribution in [2.24, 2.45) is 5.92 Å². The minimum absolute atomic E-state index is 0.0191. The van der Waals surface area contributed by atoms with Gasteiger partial charge < -0.3 is 20.3 Å². The molecule has 1 aliphatic heterocycles. The molecule has 0 aromatic carbocycles. The first-order chi connectivity index (χ1) is 14.6. The van der Waals surface area contributed by atoms with E-state index in [0.717, 1.165) is 24.3 Å². The summed E-state index contributed by atoms with van der Waals surface area (Å²) in [4.78, 5) is 22.9. The zero-order valence-electron chi connectivity index (χ0n) is 18.3. The van der Waals surface area contributed by atoms with E-state index in [2.05, 4.69) is 48.4 Å². The highest BCUT2D eigenvalue weighted by molar-refractivity contribution is 9.10. The molecule has 0 radical (unpaired) electrons. The van der Waals surface area contributed by atoms with E-state index in [1.165, 1.54) is 6.07 Å². The first-order valence-electron chi connectivity index (χ1n) is 10.3. The van der Waals surface area contributed by atoms with Crippen molar-refractivity contribution in [3.8, 4) is 0 Å². The summed E-state index contributed by atoms with van der Waals surface area (Å²) < 4.78 is 19.0. The first-order valence-corrected chi connectivity index (χ1v) is 11.1. The van der Waals surface area contributed by atoms with Crippen molar-refractivity contribution in [2.45, 2.75) is 52.3 Å². The van der Waals surface area contributed by atoms with Crippen LogP contribution in [0.2, 0.25) is 0 Å². The van der Waals surface area contributed by atoms with Gasteiger partial charge in [0.15, 0.2) is 5.82 Å². The molecule has 7 nitrogen and oxygen atoms in total. The van der Waals surface area contributed by atoms with E-state index in [9.17, 15) is 9.18 Å². The normalized spacial score (nSPS) is 19.1. The van der Waals surface area contributed by atoms with Gasteiger partial charge in [-0.05, 0) is 67.2 Å². The lowest BCUT2D eigenvalue weighted by Gasteiger charge is -2.39. The number of halogens is 2. The summed E-state index contributed by atoms with van der Waals surface area (Å²) in [5.74, 6) is 0.000993. The second kappa shape index (κ2) is 9.80. The molecule has 0 aliphatic carbocycles. The topological polar surface area (TPSA) is 79.4 Å². The van der Waals surface area contributed by atoms with Gasteiger partial charge in [0, 0.05) is 25.3 Å². The van der Waals surface area contributed by atoms with Crippen LogP contribution in [0.15, 0.2) is 35.2 Å². The number of ether oxygens (including phenoxy) is 1. The number of nitrogens with zero attached hydrogens (tertiary/aromatic N) is 3. The molecular formula is C22H29BrFN5O2. The maximum Gasteiger partial charge on any atom is 0.407 e. The van der Waals surface area contributed by atoms with Gasteiger partial charge in [0.1, 0.15) is 10.2 Å². The number of carbonyl (C=O) groups is 1. The van der Waals surface area contributed by atoms with Crippen LogP contribution < -0.4 is 15.5 Å². The van der Waals surface area contributed by atoms with E-state index < -0.39 is 17.5 Å². The van der Waals surface area contributed by atoms with Crippen LogP contribution in [0.3, 0.4) is 0 Å². The van der Waals surface area contributed by atoms with Gasteiger partial charge in [-0.3, -0.25) is 4.98 Å². The van der Waals surface area contributed by atoms with Crippen LogP contribution in [0.25, 0.3) is 0 Å². The molecule has 0 saturated carbocycles. The highest BCUT2D eigenvalue weighted by atomic mass is 79.9. The SMILES string of the molecule is CC1CC(NC(=O)OC(C)(C)C)CN(c2ccncc2NCc2ccc(F)c(Br)n2)C1. The average Bonchev–Trinajstić information content (AvgIpc) is 2.67. The lowest BCUT2D eigenvalue weighted by molar-refractivity contribution is 0.0495. The molecule has 2 aromatic heterocycles. The fourth-order valence-corrected chi connectivity index (χ4v) is 4.03. The van der Waals surface area contributed by atoms with E-state index in [4.69, 9.17) is 4.74 Å². The van der Waals surface area contributed by atoms with Crippen molar-refractivity contribution in [1.82, 2.24) is 15.3 Å². The monoisotopic (exact) mass is 493 g/mol. The molecule has 2 N–H and O–H groups in total. The van der Waals surface area contributed by atoms with E-state index >= 15 is 0 Å². The summed E-state index contributed by atoms with van der Waals surface area (Å²) in [5.41, 5.74) is 2.03. The van der Waals surface area contributed by atoms with Crippen LogP contribution in [0, 0.1) is 11.7 Å². The minimum Gasteiger partial charge on any atom is -0.444 e. The fourth-order valence-electron chi connectivity index (χ4n) is 3.67. The maximum atomic E-state index is 13.4. The van der Waals surface area contributed by atoms with Crippen molar-refractivity contribution in [1.29, 1.82) is 0 Å². The van der Waals surface area contributed by atoms with Gasteiger partial charge >= 0.3 is 6.09 Å². The summed E-state index contributed by atoms with van der Waals surface area (Å²) >= 11 is 3.12. The Kier molecular flexibility index (Phi) is 7.35. The van der Waals surface area contributed by atoms with Crippen LogP contribution in [0.5, 0.6) is 0 Å². The second-order valence-electron chi connectivity index (χ2n) is 8.91. The summed E-state index contributed by atoms with van der Waals surface area (Å²) in [7, 11) is 0. The Morgan fingerprint density at radius 2 is 2.10 bits per heavy atom. The maximum absolute atomic E-state index is 13.4. The summed E-state index contributed by atoms with van der Waals surface area (Å²) in [6.45, 7) is 9.70. The van der Waals surface area contributed by atoms with Crippen molar-refractivity contribution in [3.05, 3.63) is 46.7 Å². The zero-order chi connectivity index (χ0) is 22.6. The molecule has 168 valence electrons. The number of nitrogens with one attached hydrogen (secondary N) is 2. The van der Waals surface area contributed by atoms with E-state index in [-0.39, 0.29) is 10.6 Å². The Morgan fingerprint density at radius 1 is 1.32 bits per heavy atom. The highest BCUT2D eigenvalue weighted by Gasteiger charge is 2.28. The molecule has 1 aliphatic rings. The van der Waals surface area contributed by atoms with Crippen molar-refractivity contribution >= 4 is 33.4 Å². The molecule has 2 atom stereocenters. The predicted octanol–water partition coefficient (Wildman–Crippen LogP) is 4.73. The molecule has 9 heteroatoms. The van der Waals surface area contributed by atoms with Crippen LogP contribution in [0.4, 0.5) is 20.6 Å². The number of alkyl carbamates (subject to hydrolysis) is 1. The Balaban J connectivity index is 1.69. The van der Waals surface area contributed by atoms with Crippen molar-refractivity contribution in [2.75, 3.05) is 23.3 Å². The molecule has 2 unspecified atom stereocenters. The van der Waals surface area contributed by atoms with Gasteiger partial charge in [0.25, 0.3) is 0 Å². The van der Waals surface area contributed by atoms with E-state index in [1.807, 2.05) is 26.8 Å². The number of piperidine rings is 1. The Morgan fingerprint density at radius 3 is 2.81 bits per heavy atom. The fraction of sp³-hybridized carbons (Fsp3) is 0.500. The third-order valence-corrected chi connectivity index (χ3v) is 5.40. The molecule has 0 spiro atoms. The van der Waals surface area contributed by atoms with Gasteiger partial charge in [0.2, 0.25) is 0 Å². The number of pyridine rings is 2. The molecule has 31 heavy (non-hydrogen) atoms. The standard InChI is InChI=1S/C22H29BrFN5O2/c1-14-9-16(28-21(30)31-22(2,3)4)13-29(12-14)19-7-8-25-11-18(19)26-10-15-5-6-17(24)20(23)27-15/h5-8,11,14,16,26H,9-10,12-13H2,1-4H3,(H,28,30). The molecule has 3 heterocycles. The van der Waals surface area contributed by atoms with Gasteiger partial charge in [-0.2, -0.15) is 0 Å². The molecule has 1 fully saturated rings. The van der Waals surface area contributed by atoms with Crippen LogP contribution >= 0.6 is 15.9 Å². The number of aromatic nitrogens is 2. The summed E-state index contributed by atoms with van der Waals surface area (Å²) in [5, 5.41) is 6.36.